The van der Waals surface area contributed by atoms with Crippen LogP contribution < -0.4 is 5.32 Å². The zero-order chi connectivity index (χ0) is 16.9. The molecule has 8 heteroatoms. The number of hydrogen-bond acceptors (Lipinski definition) is 5. The SMILES string of the molecule is COCCS(=O)(=O)c1ccc(C(=O)Nc2ccc(Cl)nc2)cc1. The van der Waals surface area contributed by atoms with Gasteiger partial charge in [0.25, 0.3) is 5.91 Å². The van der Waals surface area contributed by atoms with Gasteiger partial charge in [-0.2, -0.15) is 0 Å². The monoisotopic (exact) mass is 354 g/mol. The molecule has 1 N–H and O–H groups in total. The lowest BCUT2D eigenvalue weighted by Gasteiger charge is -2.07. The predicted molar refractivity (Wildman–Crippen MR) is 87.6 cm³/mol. The lowest BCUT2D eigenvalue weighted by molar-refractivity contribution is 0.102. The number of halogens is 1. The van der Waals surface area contributed by atoms with Crippen molar-refractivity contribution in [3.05, 3.63) is 53.3 Å². The van der Waals surface area contributed by atoms with Crippen LogP contribution in [0.5, 0.6) is 0 Å². The number of hydrogen-bond donors (Lipinski definition) is 1. The zero-order valence-electron chi connectivity index (χ0n) is 12.3. The highest BCUT2D eigenvalue weighted by Gasteiger charge is 2.15. The minimum absolute atomic E-state index is 0.106. The number of anilines is 1. The summed E-state index contributed by atoms with van der Waals surface area (Å²) < 4.78 is 28.8. The van der Waals surface area contributed by atoms with Gasteiger partial charge in [0.15, 0.2) is 9.84 Å². The molecule has 0 radical (unpaired) electrons. The third kappa shape index (κ3) is 4.75. The molecule has 0 fully saturated rings. The van der Waals surface area contributed by atoms with Crippen LogP contribution in [0, 0.1) is 0 Å². The molecule has 2 rings (SSSR count). The Kier molecular flexibility index (Phi) is 5.70. The van der Waals surface area contributed by atoms with Crippen molar-refractivity contribution in [2.75, 3.05) is 24.8 Å². The minimum Gasteiger partial charge on any atom is -0.384 e. The molecule has 0 unspecified atom stereocenters. The molecule has 1 heterocycles. The summed E-state index contributed by atoms with van der Waals surface area (Å²) in [5.41, 5.74) is 0.835. The Morgan fingerprint density at radius 3 is 2.48 bits per heavy atom. The molecule has 0 aliphatic rings. The quantitative estimate of drug-likeness (QED) is 0.805. The first-order chi connectivity index (χ1) is 10.9. The molecule has 0 bridgehead atoms. The van der Waals surface area contributed by atoms with Crippen molar-refractivity contribution in [1.82, 2.24) is 4.98 Å². The van der Waals surface area contributed by atoms with E-state index in [1.54, 1.807) is 12.1 Å². The Hall–Kier alpha value is -1.96. The van der Waals surface area contributed by atoms with E-state index in [2.05, 4.69) is 10.3 Å². The second-order valence-corrected chi connectivity index (χ2v) is 7.16. The van der Waals surface area contributed by atoms with E-state index in [-0.39, 0.29) is 23.2 Å². The van der Waals surface area contributed by atoms with Crippen molar-refractivity contribution in [1.29, 1.82) is 0 Å². The first-order valence-electron chi connectivity index (χ1n) is 6.67. The van der Waals surface area contributed by atoms with Gasteiger partial charge in [0.2, 0.25) is 0 Å². The van der Waals surface area contributed by atoms with Crippen LogP contribution in [-0.2, 0) is 14.6 Å². The fraction of sp³-hybridized carbons (Fsp3) is 0.200. The maximum atomic E-state index is 12.1. The van der Waals surface area contributed by atoms with E-state index < -0.39 is 9.84 Å². The van der Waals surface area contributed by atoms with Crippen molar-refractivity contribution >= 4 is 33.0 Å². The van der Waals surface area contributed by atoms with Gasteiger partial charge in [-0.05, 0) is 36.4 Å². The summed E-state index contributed by atoms with van der Waals surface area (Å²) in [6.45, 7) is 0.119. The molecule has 6 nitrogen and oxygen atoms in total. The number of rotatable bonds is 6. The Labute approximate surface area is 139 Å². The van der Waals surface area contributed by atoms with Crippen molar-refractivity contribution in [3.63, 3.8) is 0 Å². The summed E-state index contributed by atoms with van der Waals surface area (Å²) >= 11 is 5.67. The fourth-order valence-corrected chi connectivity index (χ4v) is 3.06. The van der Waals surface area contributed by atoms with Gasteiger partial charge in [-0.1, -0.05) is 11.6 Å². The number of sulfone groups is 1. The van der Waals surface area contributed by atoms with E-state index in [0.29, 0.717) is 16.4 Å². The number of nitrogens with zero attached hydrogens (tertiary/aromatic N) is 1. The molecule has 122 valence electrons. The largest absolute Gasteiger partial charge is 0.384 e. The molecule has 1 amide bonds. The van der Waals surface area contributed by atoms with Crippen molar-refractivity contribution in [3.8, 4) is 0 Å². The van der Waals surface area contributed by atoms with E-state index in [1.807, 2.05) is 0 Å². The lowest BCUT2D eigenvalue weighted by atomic mass is 10.2. The fourth-order valence-electron chi connectivity index (χ4n) is 1.78. The predicted octanol–water partition coefficient (Wildman–Crippen LogP) is 2.41. The molecule has 0 aliphatic carbocycles. The summed E-state index contributed by atoms with van der Waals surface area (Å²) in [6, 6.07) is 8.90. The third-order valence-electron chi connectivity index (χ3n) is 3.02. The van der Waals surface area contributed by atoms with Crippen LogP contribution in [0.25, 0.3) is 0 Å². The number of ether oxygens (including phenoxy) is 1. The third-order valence-corrected chi connectivity index (χ3v) is 4.94. The highest BCUT2D eigenvalue weighted by Crippen LogP contribution is 2.15. The number of carbonyl (C=O) groups excluding carboxylic acids is 1. The highest BCUT2D eigenvalue weighted by atomic mass is 35.5. The van der Waals surface area contributed by atoms with Crippen LogP contribution >= 0.6 is 11.6 Å². The smallest absolute Gasteiger partial charge is 0.255 e. The molecule has 0 atom stereocenters. The molecular weight excluding hydrogens is 340 g/mol. The van der Waals surface area contributed by atoms with Crippen molar-refractivity contribution in [2.45, 2.75) is 4.90 Å². The van der Waals surface area contributed by atoms with Crippen LogP contribution in [0.3, 0.4) is 0 Å². The summed E-state index contributed by atoms with van der Waals surface area (Å²) in [5, 5.41) is 2.98. The van der Waals surface area contributed by atoms with Gasteiger partial charge < -0.3 is 10.1 Å². The average molecular weight is 355 g/mol. The molecular formula is C15H15ClN2O4S. The second-order valence-electron chi connectivity index (χ2n) is 4.66. The van der Waals surface area contributed by atoms with E-state index in [1.165, 1.54) is 37.6 Å². The van der Waals surface area contributed by atoms with E-state index in [9.17, 15) is 13.2 Å². The maximum absolute atomic E-state index is 12.1. The summed E-state index contributed by atoms with van der Waals surface area (Å²) in [5.74, 6) is -0.471. The number of benzene rings is 1. The maximum Gasteiger partial charge on any atom is 0.255 e. The number of aromatic nitrogens is 1. The molecule has 23 heavy (non-hydrogen) atoms. The summed E-state index contributed by atoms with van der Waals surface area (Å²) in [6.07, 6.45) is 1.43. The average Bonchev–Trinajstić information content (AvgIpc) is 2.55. The minimum atomic E-state index is -3.41. The topological polar surface area (TPSA) is 85.4 Å². The number of nitrogens with one attached hydrogen (secondary N) is 1. The molecule has 1 aromatic heterocycles. The first kappa shape index (κ1) is 17.4. The van der Waals surface area contributed by atoms with Crippen molar-refractivity contribution in [2.24, 2.45) is 0 Å². The number of pyridine rings is 1. The van der Waals surface area contributed by atoms with E-state index in [0.717, 1.165) is 0 Å². The Morgan fingerprint density at radius 2 is 1.91 bits per heavy atom. The molecule has 0 saturated carbocycles. The Balaban J connectivity index is 2.09. The van der Waals surface area contributed by atoms with E-state index >= 15 is 0 Å². The molecule has 0 saturated heterocycles. The molecule has 2 aromatic rings. The molecule has 1 aromatic carbocycles. The highest BCUT2D eigenvalue weighted by molar-refractivity contribution is 7.91. The van der Waals surface area contributed by atoms with Crippen LogP contribution in [0.15, 0.2) is 47.5 Å². The molecule has 0 spiro atoms. The van der Waals surface area contributed by atoms with Crippen LogP contribution in [-0.4, -0.2) is 38.8 Å². The standard InChI is InChI=1S/C15H15ClN2O4S/c1-22-8-9-23(20,21)13-5-2-11(3-6-13)15(19)18-12-4-7-14(16)17-10-12/h2-7,10H,8-9H2,1H3,(H,18,19). The van der Waals surface area contributed by atoms with Crippen molar-refractivity contribution < 1.29 is 17.9 Å². The van der Waals surface area contributed by atoms with Crippen LogP contribution in [0.1, 0.15) is 10.4 Å². The van der Waals surface area contributed by atoms with Gasteiger partial charge in [0, 0.05) is 12.7 Å². The number of amides is 1. The van der Waals surface area contributed by atoms with Gasteiger partial charge in [0.1, 0.15) is 5.15 Å². The first-order valence-corrected chi connectivity index (χ1v) is 8.70. The summed E-state index contributed by atoms with van der Waals surface area (Å²) in [7, 11) is -1.97. The van der Waals surface area contributed by atoms with Gasteiger partial charge >= 0.3 is 0 Å². The van der Waals surface area contributed by atoms with Crippen LogP contribution in [0.4, 0.5) is 5.69 Å². The van der Waals surface area contributed by atoms with Gasteiger partial charge in [-0.25, -0.2) is 13.4 Å². The summed E-state index contributed by atoms with van der Waals surface area (Å²) in [4.78, 5) is 16.1. The normalized spacial score (nSPS) is 11.2. The Morgan fingerprint density at radius 1 is 1.22 bits per heavy atom. The zero-order valence-corrected chi connectivity index (χ0v) is 13.9. The van der Waals surface area contributed by atoms with Gasteiger partial charge in [-0.15, -0.1) is 0 Å². The van der Waals surface area contributed by atoms with Gasteiger partial charge in [0.05, 0.1) is 29.1 Å². The number of methoxy groups -OCH3 is 1. The number of carbonyl (C=O) groups is 1. The van der Waals surface area contributed by atoms with E-state index in [4.69, 9.17) is 16.3 Å². The Bertz CT molecular complexity index is 774. The van der Waals surface area contributed by atoms with Crippen LogP contribution in [0.2, 0.25) is 5.15 Å². The van der Waals surface area contributed by atoms with Gasteiger partial charge in [-0.3, -0.25) is 4.79 Å². The molecule has 0 aliphatic heterocycles. The lowest BCUT2D eigenvalue weighted by Crippen LogP contribution is -2.14. The second kappa shape index (κ2) is 7.54.